The summed E-state index contributed by atoms with van der Waals surface area (Å²) in [5.41, 5.74) is 3.21. The summed E-state index contributed by atoms with van der Waals surface area (Å²) in [6.45, 7) is 2.13. The number of carbonyl (C=O) groups is 1. The summed E-state index contributed by atoms with van der Waals surface area (Å²) >= 11 is 0. The molecule has 0 atom stereocenters. The maximum atomic E-state index is 11.7. The maximum absolute atomic E-state index is 11.7. The molecule has 0 aliphatic carbocycles. The van der Waals surface area contributed by atoms with Crippen molar-refractivity contribution >= 4 is 23.0 Å². The van der Waals surface area contributed by atoms with Crippen LogP contribution >= 0.6 is 0 Å². The molecule has 2 rings (SSSR count). The second kappa shape index (κ2) is 6.74. The summed E-state index contributed by atoms with van der Waals surface area (Å²) in [5.74, 6) is -0.365. The Labute approximate surface area is 124 Å². The van der Waals surface area contributed by atoms with Gasteiger partial charge in [0.15, 0.2) is 0 Å². The maximum Gasteiger partial charge on any atom is 0.339 e. The van der Waals surface area contributed by atoms with Crippen molar-refractivity contribution in [1.82, 2.24) is 4.98 Å². The predicted octanol–water partition coefficient (Wildman–Crippen LogP) is 3.07. The van der Waals surface area contributed by atoms with Gasteiger partial charge in [-0.3, -0.25) is 4.98 Å². The van der Waals surface area contributed by atoms with Crippen LogP contribution in [0.25, 0.3) is 0 Å². The van der Waals surface area contributed by atoms with Crippen LogP contribution in [0, 0.1) is 0 Å². The van der Waals surface area contributed by atoms with Gasteiger partial charge in [0.2, 0.25) is 0 Å². The highest BCUT2D eigenvalue weighted by molar-refractivity contribution is 5.90. The van der Waals surface area contributed by atoms with Crippen LogP contribution in [0.2, 0.25) is 0 Å². The highest BCUT2D eigenvalue weighted by atomic mass is 16.5. The molecule has 110 valence electrons. The number of hydrogen-bond acceptors (Lipinski definition) is 5. The first kappa shape index (κ1) is 14.8. The zero-order valence-corrected chi connectivity index (χ0v) is 12.5. The quantitative estimate of drug-likeness (QED) is 0.856. The molecule has 0 unspecified atom stereocenters. The SMILES string of the molecule is CCOC(=O)c1cncc(Nc2cccc(N(C)C)c2)c1. The van der Waals surface area contributed by atoms with Crippen molar-refractivity contribution in [1.29, 1.82) is 0 Å². The third-order valence-electron chi connectivity index (χ3n) is 2.90. The van der Waals surface area contributed by atoms with Crippen LogP contribution < -0.4 is 10.2 Å². The highest BCUT2D eigenvalue weighted by Crippen LogP contribution is 2.21. The monoisotopic (exact) mass is 285 g/mol. The van der Waals surface area contributed by atoms with Crippen molar-refractivity contribution in [2.45, 2.75) is 6.92 Å². The number of benzene rings is 1. The molecule has 1 aromatic heterocycles. The lowest BCUT2D eigenvalue weighted by Gasteiger charge is -2.14. The second-order valence-corrected chi connectivity index (χ2v) is 4.75. The Morgan fingerprint density at radius 1 is 1.24 bits per heavy atom. The molecule has 0 saturated carbocycles. The zero-order valence-electron chi connectivity index (χ0n) is 12.5. The summed E-state index contributed by atoms with van der Waals surface area (Å²) in [5, 5.41) is 3.24. The summed E-state index contributed by atoms with van der Waals surface area (Å²) in [6.07, 6.45) is 3.17. The first-order chi connectivity index (χ1) is 10.1. The van der Waals surface area contributed by atoms with Crippen molar-refractivity contribution in [2.75, 3.05) is 30.9 Å². The minimum absolute atomic E-state index is 0.349. The van der Waals surface area contributed by atoms with Gasteiger partial charge >= 0.3 is 5.97 Å². The van der Waals surface area contributed by atoms with E-state index in [0.29, 0.717) is 12.2 Å². The minimum atomic E-state index is -0.365. The molecule has 1 N–H and O–H groups in total. The van der Waals surface area contributed by atoms with E-state index in [1.165, 1.54) is 6.20 Å². The van der Waals surface area contributed by atoms with Gasteiger partial charge in [-0.2, -0.15) is 0 Å². The Morgan fingerprint density at radius 3 is 2.76 bits per heavy atom. The molecule has 5 nitrogen and oxygen atoms in total. The van der Waals surface area contributed by atoms with Crippen LogP contribution in [0.3, 0.4) is 0 Å². The van der Waals surface area contributed by atoms with Crippen LogP contribution in [0.5, 0.6) is 0 Å². The van der Waals surface area contributed by atoms with E-state index >= 15 is 0 Å². The Balaban J connectivity index is 2.18. The summed E-state index contributed by atoms with van der Waals surface area (Å²) in [6, 6.07) is 9.72. The molecule has 0 saturated heterocycles. The van der Waals surface area contributed by atoms with Gasteiger partial charge in [-0.25, -0.2) is 4.79 Å². The third-order valence-corrected chi connectivity index (χ3v) is 2.90. The number of nitrogens with zero attached hydrogens (tertiary/aromatic N) is 2. The molecule has 21 heavy (non-hydrogen) atoms. The Kier molecular flexibility index (Phi) is 4.77. The topological polar surface area (TPSA) is 54.5 Å². The van der Waals surface area contributed by atoms with Crippen molar-refractivity contribution < 1.29 is 9.53 Å². The molecule has 0 amide bonds. The number of hydrogen-bond donors (Lipinski definition) is 1. The predicted molar refractivity (Wildman–Crippen MR) is 84.2 cm³/mol. The number of aromatic nitrogens is 1. The van der Waals surface area contributed by atoms with E-state index < -0.39 is 0 Å². The average molecular weight is 285 g/mol. The Bertz CT molecular complexity index is 626. The fourth-order valence-electron chi connectivity index (χ4n) is 1.86. The molecule has 0 radical (unpaired) electrons. The van der Waals surface area contributed by atoms with Crippen molar-refractivity contribution in [2.24, 2.45) is 0 Å². The minimum Gasteiger partial charge on any atom is -0.462 e. The average Bonchev–Trinajstić information content (AvgIpc) is 2.48. The van der Waals surface area contributed by atoms with Gasteiger partial charge in [-0.15, -0.1) is 0 Å². The summed E-state index contributed by atoms with van der Waals surface area (Å²) in [7, 11) is 3.98. The normalized spacial score (nSPS) is 10.0. The molecule has 5 heteroatoms. The van der Waals surface area contributed by atoms with Crippen LogP contribution in [-0.2, 0) is 4.74 Å². The fourth-order valence-corrected chi connectivity index (χ4v) is 1.86. The molecule has 2 aromatic rings. The van der Waals surface area contributed by atoms with E-state index in [1.807, 2.05) is 43.3 Å². The summed E-state index contributed by atoms with van der Waals surface area (Å²) in [4.78, 5) is 17.8. The lowest BCUT2D eigenvalue weighted by Crippen LogP contribution is -2.08. The zero-order chi connectivity index (χ0) is 15.2. The molecular weight excluding hydrogens is 266 g/mol. The number of rotatable bonds is 5. The highest BCUT2D eigenvalue weighted by Gasteiger charge is 2.08. The van der Waals surface area contributed by atoms with Crippen LogP contribution in [0.1, 0.15) is 17.3 Å². The van der Waals surface area contributed by atoms with Crippen molar-refractivity contribution in [3.8, 4) is 0 Å². The van der Waals surface area contributed by atoms with Gasteiger partial charge in [0.25, 0.3) is 0 Å². The molecule has 0 aliphatic rings. The van der Waals surface area contributed by atoms with E-state index in [0.717, 1.165) is 17.1 Å². The standard InChI is InChI=1S/C16H19N3O2/c1-4-21-16(20)12-8-14(11-17-10-12)18-13-6-5-7-15(9-13)19(2)3/h5-11,18H,4H2,1-3H3. The third kappa shape index (κ3) is 3.95. The Hall–Kier alpha value is -2.56. The van der Waals surface area contributed by atoms with Gasteiger partial charge in [0.05, 0.1) is 24.1 Å². The molecule has 0 spiro atoms. The molecule has 0 fully saturated rings. The number of esters is 1. The summed E-state index contributed by atoms with van der Waals surface area (Å²) < 4.78 is 4.97. The first-order valence-corrected chi connectivity index (χ1v) is 6.76. The lowest BCUT2D eigenvalue weighted by molar-refractivity contribution is 0.0526. The fraction of sp³-hybridized carbons (Fsp3) is 0.250. The van der Waals surface area contributed by atoms with Gasteiger partial charge in [-0.1, -0.05) is 6.07 Å². The van der Waals surface area contributed by atoms with Crippen LogP contribution in [0.4, 0.5) is 17.1 Å². The van der Waals surface area contributed by atoms with Crippen LogP contribution in [0.15, 0.2) is 42.7 Å². The van der Waals surface area contributed by atoms with Gasteiger partial charge in [-0.05, 0) is 31.2 Å². The van der Waals surface area contributed by atoms with E-state index in [2.05, 4.69) is 10.3 Å². The molecule has 0 bridgehead atoms. The first-order valence-electron chi connectivity index (χ1n) is 6.76. The largest absolute Gasteiger partial charge is 0.462 e. The van der Waals surface area contributed by atoms with Gasteiger partial charge in [0.1, 0.15) is 0 Å². The molecule has 1 heterocycles. The molecule has 1 aromatic carbocycles. The lowest BCUT2D eigenvalue weighted by atomic mass is 10.2. The number of pyridine rings is 1. The number of nitrogens with one attached hydrogen (secondary N) is 1. The van der Waals surface area contributed by atoms with E-state index in [9.17, 15) is 4.79 Å². The number of ether oxygens (including phenoxy) is 1. The van der Waals surface area contributed by atoms with Gasteiger partial charge < -0.3 is 15.0 Å². The molecule has 0 aliphatic heterocycles. The number of anilines is 3. The van der Waals surface area contributed by atoms with E-state index in [4.69, 9.17) is 4.74 Å². The smallest absolute Gasteiger partial charge is 0.339 e. The van der Waals surface area contributed by atoms with E-state index in [-0.39, 0.29) is 5.97 Å². The number of carbonyl (C=O) groups excluding carboxylic acids is 1. The molecular formula is C16H19N3O2. The van der Waals surface area contributed by atoms with Crippen molar-refractivity contribution in [3.63, 3.8) is 0 Å². The van der Waals surface area contributed by atoms with Crippen molar-refractivity contribution in [3.05, 3.63) is 48.3 Å². The van der Waals surface area contributed by atoms with Gasteiger partial charge in [0, 0.05) is 31.7 Å². The van der Waals surface area contributed by atoms with Crippen LogP contribution in [-0.4, -0.2) is 31.7 Å². The Morgan fingerprint density at radius 2 is 2.05 bits per heavy atom. The van der Waals surface area contributed by atoms with E-state index in [1.54, 1.807) is 19.2 Å². The second-order valence-electron chi connectivity index (χ2n) is 4.75.